The molecule has 0 aliphatic rings. The molecule has 1 aromatic heterocycles. The first-order valence-corrected chi connectivity index (χ1v) is 9.35. The summed E-state index contributed by atoms with van der Waals surface area (Å²) in [6.07, 6.45) is 2.02. The fourth-order valence-corrected chi connectivity index (χ4v) is 4.02. The molecule has 0 saturated heterocycles. The van der Waals surface area contributed by atoms with Crippen LogP contribution in [0.4, 0.5) is 0 Å². The van der Waals surface area contributed by atoms with Gasteiger partial charge in [0.2, 0.25) is 0 Å². The Hall–Kier alpha value is 0.130. The summed E-state index contributed by atoms with van der Waals surface area (Å²) in [6, 6.07) is 8.58. The van der Waals surface area contributed by atoms with E-state index >= 15 is 0 Å². The topological polar surface area (TPSA) is 12.0 Å². The fraction of sp³-hybridized carbons (Fsp3) is 0.333. The quantitative estimate of drug-likeness (QED) is 0.566. The molecule has 0 aliphatic carbocycles. The van der Waals surface area contributed by atoms with Crippen molar-refractivity contribution in [3.8, 4) is 0 Å². The van der Waals surface area contributed by atoms with Gasteiger partial charge in [0.05, 0.1) is 3.79 Å². The van der Waals surface area contributed by atoms with Gasteiger partial charge < -0.3 is 5.32 Å². The van der Waals surface area contributed by atoms with Crippen molar-refractivity contribution in [1.82, 2.24) is 5.32 Å². The lowest BCUT2D eigenvalue weighted by Crippen LogP contribution is -2.23. The molecule has 2 rings (SSSR count). The van der Waals surface area contributed by atoms with Crippen LogP contribution < -0.4 is 5.32 Å². The second-order valence-electron chi connectivity index (χ2n) is 4.63. The summed E-state index contributed by atoms with van der Waals surface area (Å²) in [5, 5.41) is 6.62. The molecule has 1 atom stereocenters. The molecule has 1 unspecified atom stereocenters. The van der Waals surface area contributed by atoms with E-state index < -0.39 is 0 Å². The second-order valence-corrected chi connectivity index (χ2v) is 8.24. The van der Waals surface area contributed by atoms with Gasteiger partial charge in [-0.25, -0.2) is 0 Å². The molecule has 0 bridgehead atoms. The van der Waals surface area contributed by atoms with Gasteiger partial charge in [0, 0.05) is 15.5 Å². The third-order valence-corrected chi connectivity index (χ3v) is 5.44. The van der Waals surface area contributed by atoms with E-state index in [0.29, 0.717) is 6.04 Å². The van der Waals surface area contributed by atoms with Crippen LogP contribution in [0.1, 0.15) is 30.5 Å². The van der Waals surface area contributed by atoms with Crippen molar-refractivity contribution in [3.05, 3.63) is 54.1 Å². The standard InChI is InChI=1S/C15H16Br2ClNS/c1-2-5-19-14(11-7-15(17)20-9-11)6-10-3-4-12(16)8-13(10)18/h3-4,7-9,14,19H,2,5-6H2,1H3. The molecule has 0 amide bonds. The van der Waals surface area contributed by atoms with Gasteiger partial charge in [-0.05, 0) is 70.0 Å². The highest BCUT2D eigenvalue weighted by Crippen LogP contribution is 2.30. The van der Waals surface area contributed by atoms with E-state index in [1.807, 2.05) is 12.1 Å². The molecule has 1 nitrogen and oxygen atoms in total. The van der Waals surface area contributed by atoms with Gasteiger partial charge in [0.1, 0.15) is 0 Å². The average Bonchev–Trinajstić information content (AvgIpc) is 2.83. The minimum Gasteiger partial charge on any atom is -0.310 e. The maximum atomic E-state index is 6.34. The summed E-state index contributed by atoms with van der Waals surface area (Å²) in [4.78, 5) is 0. The number of thiophene rings is 1. The molecule has 1 heterocycles. The lowest BCUT2D eigenvalue weighted by molar-refractivity contribution is 0.530. The van der Waals surface area contributed by atoms with E-state index in [4.69, 9.17) is 11.6 Å². The molecule has 1 aromatic carbocycles. The monoisotopic (exact) mass is 435 g/mol. The first kappa shape index (κ1) is 16.5. The van der Waals surface area contributed by atoms with Crippen LogP contribution in [-0.2, 0) is 6.42 Å². The van der Waals surface area contributed by atoms with Crippen LogP contribution in [0.15, 0.2) is 37.9 Å². The normalized spacial score (nSPS) is 12.6. The summed E-state index contributed by atoms with van der Waals surface area (Å²) in [7, 11) is 0. The smallest absolute Gasteiger partial charge is 0.0701 e. The molecule has 0 aliphatic heterocycles. The van der Waals surface area contributed by atoms with Crippen molar-refractivity contribution in [2.45, 2.75) is 25.8 Å². The lowest BCUT2D eigenvalue weighted by atomic mass is 10.0. The predicted octanol–water partition coefficient (Wildman–Crippen LogP) is 6.21. The second kappa shape index (κ2) is 7.95. The molecular weight excluding hydrogens is 422 g/mol. The summed E-state index contributed by atoms with van der Waals surface area (Å²) < 4.78 is 2.18. The third-order valence-electron chi connectivity index (χ3n) is 3.07. The van der Waals surface area contributed by atoms with Gasteiger partial charge >= 0.3 is 0 Å². The van der Waals surface area contributed by atoms with E-state index in [-0.39, 0.29) is 0 Å². The Morgan fingerprint density at radius 2 is 2.10 bits per heavy atom. The number of halogens is 3. The van der Waals surface area contributed by atoms with Crippen LogP contribution in [-0.4, -0.2) is 6.54 Å². The highest BCUT2D eigenvalue weighted by Gasteiger charge is 2.15. The Morgan fingerprint density at radius 1 is 1.30 bits per heavy atom. The van der Waals surface area contributed by atoms with E-state index in [1.165, 1.54) is 11.1 Å². The van der Waals surface area contributed by atoms with Crippen molar-refractivity contribution in [1.29, 1.82) is 0 Å². The molecule has 1 N–H and O–H groups in total. The zero-order chi connectivity index (χ0) is 14.5. The Labute approximate surface area is 146 Å². The van der Waals surface area contributed by atoms with E-state index in [2.05, 4.69) is 61.6 Å². The van der Waals surface area contributed by atoms with Crippen LogP contribution in [0.2, 0.25) is 5.02 Å². The van der Waals surface area contributed by atoms with Crippen molar-refractivity contribution in [2.75, 3.05) is 6.54 Å². The third kappa shape index (κ3) is 4.57. The number of nitrogens with one attached hydrogen (secondary N) is 1. The minimum atomic E-state index is 0.302. The zero-order valence-electron chi connectivity index (χ0n) is 11.1. The summed E-state index contributed by atoms with van der Waals surface area (Å²) >= 11 is 15.0. The van der Waals surface area contributed by atoms with Gasteiger partial charge in [-0.1, -0.05) is 40.5 Å². The Bertz CT molecular complexity index is 571. The summed E-state index contributed by atoms with van der Waals surface area (Å²) in [5.74, 6) is 0. The number of rotatable bonds is 6. The molecule has 0 fully saturated rings. The first-order chi connectivity index (χ1) is 9.60. The van der Waals surface area contributed by atoms with Gasteiger partial charge in [-0.15, -0.1) is 11.3 Å². The Balaban J connectivity index is 2.18. The molecule has 0 radical (unpaired) electrons. The molecule has 108 valence electrons. The SMILES string of the molecule is CCCNC(Cc1ccc(Br)cc1Cl)c1csc(Br)c1. The number of hydrogen-bond donors (Lipinski definition) is 1. The maximum absolute atomic E-state index is 6.34. The highest BCUT2D eigenvalue weighted by molar-refractivity contribution is 9.11. The van der Waals surface area contributed by atoms with Crippen molar-refractivity contribution in [3.63, 3.8) is 0 Å². The van der Waals surface area contributed by atoms with E-state index in [9.17, 15) is 0 Å². The lowest BCUT2D eigenvalue weighted by Gasteiger charge is -2.18. The van der Waals surface area contributed by atoms with Gasteiger partial charge in [-0.3, -0.25) is 0 Å². The Morgan fingerprint density at radius 3 is 2.70 bits per heavy atom. The van der Waals surface area contributed by atoms with Gasteiger partial charge in [0.25, 0.3) is 0 Å². The zero-order valence-corrected chi connectivity index (χ0v) is 15.9. The number of benzene rings is 1. The maximum Gasteiger partial charge on any atom is 0.0701 e. The van der Waals surface area contributed by atoms with Crippen LogP contribution in [0.5, 0.6) is 0 Å². The molecular formula is C15H16Br2ClNS. The van der Waals surface area contributed by atoms with Crippen LogP contribution in [0.25, 0.3) is 0 Å². The molecule has 20 heavy (non-hydrogen) atoms. The number of hydrogen-bond acceptors (Lipinski definition) is 2. The summed E-state index contributed by atoms with van der Waals surface area (Å²) in [5.41, 5.74) is 2.49. The molecule has 2 aromatic rings. The first-order valence-electron chi connectivity index (χ1n) is 6.51. The van der Waals surface area contributed by atoms with Gasteiger partial charge in [-0.2, -0.15) is 0 Å². The van der Waals surface area contributed by atoms with Crippen molar-refractivity contribution >= 4 is 54.8 Å². The van der Waals surface area contributed by atoms with Crippen molar-refractivity contribution < 1.29 is 0 Å². The summed E-state index contributed by atoms with van der Waals surface area (Å²) in [6.45, 7) is 3.19. The van der Waals surface area contributed by atoms with Crippen molar-refractivity contribution in [2.24, 2.45) is 0 Å². The van der Waals surface area contributed by atoms with Crippen LogP contribution in [0, 0.1) is 0 Å². The van der Waals surface area contributed by atoms with E-state index in [0.717, 1.165) is 32.7 Å². The minimum absolute atomic E-state index is 0.302. The van der Waals surface area contributed by atoms with Crippen LogP contribution >= 0.6 is 54.8 Å². The Kier molecular flexibility index (Phi) is 6.56. The van der Waals surface area contributed by atoms with Gasteiger partial charge in [0.15, 0.2) is 0 Å². The van der Waals surface area contributed by atoms with Crippen LogP contribution in [0.3, 0.4) is 0 Å². The molecule has 0 spiro atoms. The van der Waals surface area contributed by atoms with E-state index in [1.54, 1.807) is 11.3 Å². The highest BCUT2D eigenvalue weighted by atomic mass is 79.9. The average molecular weight is 438 g/mol. The largest absolute Gasteiger partial charge is 0.310 e. The molecule has 5 heteroatoms. The molecule has 0 saturated carbocycles. The fourth-order valence-electron chi connectivity index (χ4n) is 2.04. The predicted molar refractivity (Wildman–Crippen MR) is 95.9 cm³/mol.